The lowest BCUT2D eigenvalue weighted by Gasteiger charge is -2.17. The van der Waals surface area contributed by atoms with Gasteiger partial charge in [-0.15, -0.1) is 0 Å². The molecule has 0 aliphatic heterocycles. The van der Waals surface area contributed by atoms with Gasteiger partial charge >= 0.3 is 6.61 Å². The van der Waals surface area contributed by atoms with Crippen LogP contribution in [0.4, 0.5) is 8.78 Å². The van der Waals surface area contributed by atoms with E-state index in [0.717, 1.165) is 11.5 Å². The number of hydrogen-bond acceptors (Lipinski definition) is 4. The minimum atomic E-state index is -2.83. The van der Waals surface area contributed by atoms with E-state index in [2.05, 4.69) is 15.2 Å². The number of hydrogen-bond donors (Lipinski definition) is 1. The van der Waals surface area contributed by atoms with Crippen molar-refractivity contribution in [2.24, 2.45) is 0 Å². The van der Waals surface area contributed by atoms with Gasteiger partial charge in [-0.3, -0.25) is 0 Å². The third-order valence-electron chi connectivity index (χ3n) is 2.87. The second-order valence-electron chi connectivity index (χ2n) is 4.45. The van der Waals surface area contributed by atoms with Crippen molar-refractivity contribution in [3.8, 4) is 5.75 Å². The van der Waals surface area contributed by atoms with Crippen molar-refractivity contribution in [3.05, 3.63) is 47.3 Å². The fourth-order valence-corrected chi connectivity index (χ4v) is 1.91. The van der Waals surface area contributed by atoms with Crippen molar-refractivity contribution in [1.82, 2.24) is 10.5 Å². The summed E-state index contributed by atoms with van der Waals surface area (Å²) in [6, 6.07) is 8.40. The number of alkyl halides is 2. The second-order valence-corrected chi connectivity index (χ2v) is 4.45. The summed E-state index contributed by atoms with van der Waals surface area (Å²) in [5.74, 6) is 0.912. The van der Waals surface area contributed by atoms with E-state index >= 15 is 0 Å². The van der Waals surface area contributed by atoms with E-state index in [1.807, 2.05) is 19.9 Å². The van der Waals surface area contributed by atoms with Gasteiger partial charge < -0.3 is 14.6 Å². The van der Waals surface area contributed by atoms with Crippen LogP contribution in [0.25, 0.3) is 0 Å². The van der Waals surface area contributed by atoms with Gasteiger partial charge in [-0.2, -0.15) is 8.78 Å². The van der Waals surface area contributed by atoms with Crippen LogP contribution in [0.5, 0.6) is 5.75 Å². The van der Waals surface area contributed by atoms with Gasteiger partial charge in [-0.25, -0.2) is 0 Å². The first-order valence-electron chi connectivity index (χ1n) is 6.25. The van der Waals surface area contributed by atoms with Gasteiger partial charge in [0, 0.05) is 24.2 Å². The van der Waals surface area contributed by atoms with Crippen LogP contribution >= 0.6 is 0 Å². The molecule has 2 rings (SSSR count). The Morgan fingerprint density at radius 3 is 2.75 bits per heavy atom. The molecular formula is C14H16F2N2O2. The SMILES string of the molecule is Cc1cc(CNC(C)c2ccccc2OC(F)F)no1. The van der Waals surface area contributed by atoms with Crippen LogP contribution < -0.4 is 10.1 Å². The van der Waals surface area contributed by atoms with Crippen molar-refractivity contribution < 1.29 is 18.0 Å². The third-order valence-corrected chi connectivity index (χ3v) is 2.87. The standard InChI is InChI=1S/C14H16F2N2O2/c1-9-7-11(18-20-9)8-17-10(2)12-5-3-4-6-13(12)19-14(15)16/h3-7,10,14,17H,8H2,1-2H3. The molecule has 0 bridgehead atoms. The molecule has 20 heavy (non-hydrogen) atoms. The quantitative estimate of drug-likeness (QED) is 0.881. The maximum atomic E-state index is 12.4. The number of aromatic nitrogens is 1. The lowest BCUT2D eigenvalue weighted by molar-refractivity contribution is -0.0506. The molecule has 1 N–H and O–H groups in total. The maximum absolute atomic E-state index is 12.4. The first-order chi connectivity index (χ1) is 9.56. The molecule has 1 aromatic carbocycles. The van der Waals surface area contributed by atoms with Crippen LogP contribution in [0.1, 0.15) is 30.0 Å². The van der Waals surface area contributed by atoms with Gasteiger partial charge in [0.15, 0.2) is 0 Å². The molecule has 0 aliphatic carbocycles. The second kappa shape index (κ2) is 6.47. The Balaban J connectivity index is 2.03. The number of benzene rings is 1. The Bertz CT molecular complexity index is 558. The number of aryl methyl sites for hydroxylation is 1. The maximum Gasteiger partial charge on any atom is 0.387 e. The summed E-state index contributed by atoms with van der Waals surface area (Å²) >= 11 is 0. The molecule has 0 spiro atoms. The topological polar surface area (TPSA) is 47.3 Å². The third kappa shape index (κ3) is 3.77. The fraction of sp³-hybridized carbons (Fsp3) is 0.357. The average Bonchev–Trinajstić information content (AvgIpc) is 2.82. The number of para-hydroxylation sites is 1. The normalized spacial score (nSPS) is 12.7. The molecule has 2 aromatic rings. The molecule has 0 aliphatic rings. The molecule has 0 radical (unpaired) electrons. The molecule has 1 atom stereocenters. The molecule has 1 aromatic heterocycles. The van der Waals surface area contributed by atoms with Crippen molar-refractivity contribution >= 4 is 0 Å². The van der Waals surface area contributed by atoms with E-state index in [9.17, 15) is 8.78 Å². The van der Waals surface area contributed by atoms with Gasteiger partial charge in [0.05, 0.1) is 5.69 Å². The first kappa shape index (κ1) is 14.5. The van der Waals surface area contributed by atoms with Crippen LogP contribution in [0, 0.1) is 6.92 Å². The zero-order chi connectivity index (χ0) is 14.5. The number of rotatable bonds is 6. The zero-order valence-corrected chi connectivity index (χ0v) is 11.3. The Morgan fingerprint density at radius 1 is 1.35 bits per heavy atom. The minimum Gasteiger partial charge on any atom is -0.434 e. The van der Waals surface area contributed by atoms with Gasteiger partial charge in [0.1, 0.15) is 11.5 Å². The summed E-state index contributed by atoms with van der Waals surface area (Å²) in [7, 11) is 0. The summed E-state index contributed by atoms with van der Waals surface area (Å²) < 4.78 is 34.2. The number of ether oxygens (including phenoxy) is 1. The summed E-state index contributed by atoms with van der Waals surface area (Å²) in [6.07, 6.45) is 0. The molecule has 1 heterocycles. The van der Waals surface area contributed by atoms with Crippen molar-refractivity contribution in [2.75, 3.05) is 0 Å². The smallest absolute Gasteiger partial charge is 0.387 e. The highest BCUT2D eigenvalue weighted by molar-refractivity contribution is 5.35. The van der Waals surface area contributed by atoms with Crippen molar-refractivity contribution in [2.45, 2.75) is 33.0 Å². The van der Waals surface area contributed by atoms with E-state index < -0.39 is 6.61 Å². The van der Waals surface area contributed by atoms with Crippen molar-refractivity contribution in [3.63, 3.8) is 0 Å². The summed E-state index contributed by atoms with van der Waals surface area (Å²) in [6.45, 7) is 1.34. The van der Waals surface area contributed by atoms with E-state index in [-0.39, 0.29) is 11.8 Å². The number of halogens is 2. The van der Waals surface area contributed by atoms with Gasteiger partial charge in [-0.05, 0) is 19.9 Å². The minimum absolute atomic E-state index is 0.151. The summed E-state index contributed by atoms with van der Waals surface area (Å²) in [5, 5.41) is 7.06. The van der Waals surface area contributed by atoms with E-state index in [1.54, 1.807) is 18.2 Å². The van der Waals surface area contributed by atoms with Crippen LogP contribution in [0.15, 0.2) is 34.9 Å². The van der Waals surface area contributed by atoms with Gasteiger partial charge in [0.2, 0.25) is 0 Å². The van der Waals surface area contributed by atoms with Crippen LogP contribution in [0.3, 0.4) is 0 Å². The zero-order valence-electron chi connectivity index (χ0n) is 11.3. The van der Waals surface area contributed by atoms with E-state index in [4.69, 9.17) is 4.52 Å². The monoisotopic (exact) mass is 282 g/mol. The highest BCUT2D eigenvalue weighted by atomic mass is 19.3. The molecule has 6 heteroatoms. The molecule has 0 saturated carbocycles. The molecular weight excluding hydrogens is 266 g/mol. The van der Waals surface area contributed by atoms with E-state index in [0.29, 0.717) is 12.1 Å². The van der Waals surface area contributed by atoms with Crippen LogP contribution in [-0.2, 0) is 6.54 Å². The Morgan fingerprint density at radius 2 is 2.10 bits per heavy atom. The molecule has 0 fully saturated rings. The Hall–Kier alpha value is -1.95. The lowest BCUT2D eigenvalue weighted by atomic mass is 10.1. The van der Waals surface area contributed by atoms with Gasteiger partial charge in [0.25, 0.3) is 0 Å². The average molecular weight is 282 g/mol. The Labute approximate surface area is 115 Å². The lowest BCUT2D eigenvalue weighted by Crippen LogP contribution is -2.19. The predicted octanol–water partition coefficient (Wildman–Crippen LogP) is 3.44. The fourth-order valence-electron chi connectivity index (χ4n) is 1.91. The largest absolute Gasteiger partial charge is 0.434 e. The highest BCUT2D eigenvalue weighted by Gasteiger charge is 2.14. The van der Waals surface area contributed by atoms with Crippen LogP contribution in [-0.4, -0.2) is 11.8 Å². The molecule has 1 unspecified atom stereocenters. The molecule has 4 nitrogen and oxygen atoms in total. The number of nitrogens with one attached hydrogen (secondary N) is 1. The highest BCUT2D eigenvalue weighted by Crippen LogP contribution is 2.26. The molecule has 0 saturated heterocycles. The summed E-state index contributed by atoms with van der Waals surface area (Å²) in [5.41, 5.74) is 1.44. The first-order valence-corrected chi connectivity index (χ1v) is 6.25. The summed E-state index contributed by atoms with van der Waals surface area (Å²) in [4.78, 5) is 0. The van der Waals surface area contributed by atoms with Crippen LogP contribution in [0.2, 0.25) is 0 Å². The molecule has 0 amide bonds. The van der Waals surface area contributed by atoms with Gasteiger partial charge in [-0.1, -0.05) is 23.4 Å². The van der Waals surface area contributed by atoms with E-state index in [1.165, 1.54) is 6.07 Å². The van der Waals surface area contributed by atoms with Crippen molar-refractivity contribution in [1.29, 1.82) is 0 Å². The predicted molar refractivity (Wildman–Crippen MR) is 69.6 cm³/mol. The molecule has 108 valence electrons. The Kier molecular flexibility index (Phi) is 4.68. The number of nitrogens with zero attached hydrogens (tertiary/aromatic N) is 1.